The van der Waals surface area contributed by atoms with E-state index in [0.29, 0.717) is 19.7 Å². The molecule has 3 N–H and O–H groups in total. The molecule has 2 aliphatic rings. The van der Waals surface area contributed by atoms with Crippen molar-refractivity contribution in [3.05, 3.63) is 82.9 Å². The maximum atomic E-state index is 16.0. The van der Waals surface area contributed by atoms with E-state index in [1.165, 1.54) is 6.07 Å². The van der Waals surface area contributed by atoms with Crippen LogP contribution < -0.4 is 10.6 Å². The summed E-state index contributed by atoms with van der Waals surface area (Å²) in [4.78, 5) is 31.7. The number of halogens is 10. The Morgan fingerprint density at radius 1 is 1.08 bits per heavy atom. The molecule has 0 spiro atoms. The smallest absolute Gasteiger partial charge is 0.411 e. The van der Waals surface area contributed by atoms with Crippen LogP contribution in [0.25, 0.3) is 16.8 Å². The van der Waals surface area contributed by atoms with Gasteiger partial charge in [-0.1, -0.05) is 43.6 Å². The lowest BCUT2D eigenvalue weighted by atomic mass is 9.73. The van der Waals surface area contributed by atoms with Crippen LogP contribution in [0, 0.1) is 16.6 Å². The van der Waals surface area contributed by atoms with Gasteiger partial charge in [-0.15, -0.1) is 0 Å². The van der Waals surface area contributed by atoms with E-state index < -0.39 is 112 Å². The second-order valence-corrected chi connectivity index (χ2v) is 16.8. The maximum Gasteiger partial charge on any atom is 0.411 e. The number of carbonyl (C=O) groups excluding carboxylic acids is 2. The van der Waals surface area contributed by atoms with Gasteiger partial charge in [0.15, 0.2) is 11.8 Å². The summed E-state index contributed by atoms with van der Waals surface area (Å²) in [6.45, 7) is 0.402. The van der Waals surface area contributed by atoms with E-state index in [0.717, 1.165) is 63.1 Å². The van der Waals surface area contributed by atoms with Gasteiger partial charge in [-0.05, 0) is 48.6 Å². The highest BCUT2D eigenvalue weighted by atomic mass is 35.5. The quantitative estimate of drug-likeness (QED) is 0.130. The van der Waals surface area contributed by atoms with Gasteiger partial charge in [0.05, 0.1) is 40.8 Å². The molecule has 59 heavy (non-hydrogen) atoms. The Balaban J connectivity index is 1.46. The van der Waals surface area contributed by atoms with Crippen molar-refractivity contribution in [1.29, 1.82) is 5.41 Å². The molecule has 1 saturated carbocycles. The first-order valence-electron chi connectivity index (χ1n) is 17.0. The SMILES string of the molecule is CC(C)(C[C@]1(c2ccc(-c3cnn(S(C)(=O)=O)c3)c(F)c2)NC(=N)N([C@H](COC(=O)NC2(C(F)(F)F)CC2)c2ccc(Cl)c(-n3ncnc3C(F)F)c2)C1=O)C(F)(F)F. The number of alkyl halides is 8. The predicted molar refractivity (Wildman–Crippen MR) is 188 cm³/mol. The minimum Gasteiger partial charge on any atom is -0.447 e. The number of amides is 2. The Kier molecular flexibility index (Phi) is 10.8. The average Bonchev–Trinajstić information content (AvgIpc) is 3.43. The van der Waals surface area contributed by atoms with Gasteiger partial charge in [-0.25, -0.2) is 36.0 Å². The normalized spacial score (nSPS) is 18.9. The largest absolute Gasteiger partial charge is 0.447 e. The van der Waals surface area contributed by atoms with Crippen LogP contribution >= 0.6 is 11.6 Å². The number of carbonyl (C=O) groups is 2. The summed E-state index contributed by atoms with van der Waals surface area (Å²) in [5.74, 6) is -4.35. The molecule has 0 bridgehead atoms. The molecule has 2 aromatic heterocycles. The number of rotatable bonds is 12. The number of nitrogens with zero attached hydrogens (tertiary/aromatic N) is 6. The van der Waals surface area contributed by atoms with Crippen molar-refractivity contribution in [2.24, 2.45) is 5.41 Å². The van der Waals surface area contributed by atoms with Crippen molar-refractivity contribution >= 4 is 39.6 Å². The third-order valence-electron chi connectivity index (χ3n) is 9.97. The number of benzene rings is 2. The van der Waals surface area contributed by atoms with Crippen LogP contribution in [0.5, 0.6) is 0 Å². The number of hydrogen-bond acceptors (Lipinski definition) is 9. The molecule has 0 unspecified atom stereocenters. The zero-order valence-corrected chi connectivity index (χ0v) is 32.2. The molecule has 318 valence electrons. The van der Waals surface area contributed by atoms with Gasteiger partial charge in [-0.2, -0.15) is 40.6 Å². The maximum absolute atomic E-state index is 16.0. The number of nitrogens with one attached hydrogen (secondary N) is 3. The highest BCUT2D eigenvalue weighted by Gasteiger charge is 2.65. The second-order valence-electron chi connectivity index (χ2n) is 14.5. The summed E-state index contributed by atoms with van der Waals surface area (Å²) in [5, 5.41) is 20.3. The van der Waals surface area contributed by atoms with E-state index in [-0.39, 0.29) is 27.4 Å². The van der Waals surface area contributed by atoms with Crippen molar-refractivity contribution in [1.82, 2.24) is 39.5 Å². The fourth-order valence-electron chi connectivity index (χ4n) is 6.54. The second kappa shape index (κ2) is 14.7. The van der Waals surface area contributed by atoms with E-state index in [2.05, 4.69) is 20.5 Å². The van der Waals surface area contributed by atoms with Crippen LogP contribution in [-0.2, 0) is 25.1 Å². The number of aromatic nitrogens is 5. The number of hydrogen-bond donors (Lipinski definition) is 3. The molecule has 1 aliphatic heterocycles. The Hall–Kier alpha value is -5.39. The van der Waals surface area contributed by atoms with Crippen LogP contribution in [0.2, 0.25) is 5.02 Å². The standard InChI is InChI=1S/C34H31ClF9N9O5S/c1-30(2,33(39,40)41)15-32(19-5-6-20(22(36)11-19)18-12-47-51(13-18)59(3,56)57)27(54)52(28(45)49-32)24(14-58-29(55)50-31(8-9-31)34(42,43)44)17-4-7-21(35)23(10-17)53-26(25(37)38)46-16-48-53/h4-7,10-13,16,24-25H,8-9,14-15H2,1-3H3,(H2,45,49)(H,50,55)/t24-,32-/m1/s1. The molecule has 25 heteroatoms. The minimum atomic E-state index is -5.01. The van der Waals surface area contributed by atoms with Crippen LogP contribution in [0.1, 0.15) is 62.5 Å². The summed E-state index contributed by atoms with van der Waals surface area (Å²) >= 11 is 6.32. The molecule has 1 saturated heterocycles. The molecule has 0 radical (unpaired) electrons. The third-order valence-corrected chi connectivity index (χ3v) is 11.2. The van der Waals surface area contributed by atoms with Crippen molar-refractivity contribution in [3.8, 4) is 16.8 Å². The van der Waals surface area contributed by atoms with Crippen molar-refractivity contribution in [2.75, 3.05) is 12.9 Å². The topological polar surface area (TPSA) is 177 Å². The summed E-state index contributed by atoms with van der Waals surface area (Å²) in [5.41, 5.74) is -9.30. The highest BCUT2D eigenvalue weighted by Crippen LogP contribution is 2.50. The number of ether oxygens (including phenoxy) is 1. The van der Waals surface area contributed by atoms with Crippen molar-refractivity contribution < 1.29 is 62.3 Å². The first-order valence-corrected chi connectivity index (χ1v) is 19.3. The van der Waals surface area contributed by atoms with Crippen LogP contribution in [-0.4, -0.2) is 86.0 Å². The van der Waals surface area contributed by atoms with Crippen LogP contribution in [0.15, 0.2) is 55.1 Å². The zero-order valence-electron chi connectivity index (χ0n) is 30.6. The molecule has 4 aromatic rings. The fraction of sp³-hybridized carbons (Fsp3) is 0.412. The van der Waals surface area contributed by atoms with E-state index in [1.54, 1.807) is 5.32 Å². The van der Waals surface area contributed by atoms with Crippen molar-refractivity contribution in [2.45, 2.75) is 69.0 Å². The Labute approximate surface area is 333 Å². The molecule has 2 fully saturated rings. The van der Waals surface area contributed by atoms with E-state index >= 15 is 4.39 Å². The van der Waals surface area contributed by atoms with Gasteiger partial charge < -0.3 is 15.4 Å². The van der Waals surface area contributed by atoms with E-state index in [9.17, 15) is 53.1 Å². The molecule has 14 nitrogen and oxygen atoms in total. The average molecular weight is 884 g/mol. The van der Waals surface area contributed by atoms with E-state index in [4.69, 9.17) is 21.7 Å². The molecule has 3 heterocycles. The monoisotopic (exact) mass is 883 g/mol. The summed E-state index contributed by atoms with van der Waals surface area (Å²) in [6, 6.07) is 4.34. The van der Waals surface area contributed by atoms with Gasteiger partial charge >= 0.3 is 18.4 Å². The van der Waals surface area contributed by atoms with E-state index in [1.807, 2.05) is 0 Å². The summed E-state index contributed by atoms with van der Waals surface area (Å²) < 4.78 is 159. The molecule has 1 aliphatic carbocycles. The first kappa shape index (κ1) is 43.2. The molecule has 2 atom stereocenters. The molecule has 6 rings (SSSR count). The first-order chi connectivity index (χ1) is 27.2. The molecule has 2 aromatic carbocycles. The highest BCUT2D eigenvalue weighted by molar-refractivity contribution is 7.89. The zero-order chi connectivity index (χ0) is 43.7. The fourth-order valence-corrected chi connectivity index (χ4v) is 7.26. The molecule has 2 amide bonds. The predicted octanol–water partition coefficient (Wildman–Crippen LogP) is 6.77. The van der Waals surface area contributed by atoms with Crippen LogP contribution in [0.3, 0.4) is 0 Å². The molecular formula is C34H31ClF9N9O5S. The lowest BCUT2D eigenvalue weighted by Gasteiger charge is -2.37. The molecular weight excluding hydrogens is 853 g/mol. The summed E-state index contributed by atoms with van der Waals surface area (Å²) in [7, 11) is -3.91. The van der Waals surface area contributed by atoms with Gasteiger partial charge in [0.25, 0.3) is 22.4 Å². The van der Waals surface area contributed by atoms with Crippen LogP contribution in [0.4, 0.5) is 44.3 Å². The van der Waals surface area contributed by atoms with Gasteiger partial charge in [0, 0.05) is 11.1 Å². The lowest BCUT2D eigenvalue weighted by molar-refractivity contribution is -0.218. The van der Waals surface area contributed by atoms with Gasteiger partial charge in [0.2, 0.25) is 0 Å². The Bertz CT molecular complexity index is 2430. The minimum absolute atomic E-state index is 0.0702. The number of guanidine groups is 1. The third kappa shape index (κ3) is 8.02. The Morgan fingerprint density at radius 3 is 2.32 bits per heavy atom. The summed E-state index contributed by atoms with van der Waals surface area (Å²) in [6.07, 6.45) is -13.3. The van der Waals surface area contributed by atoms with Gasteiger partial charge in [-0.3, -0.25) is 15.1 Å². The lowest BCUT2D eigenvalue weighted by Crippen LogP contribution is -2.51. The number of alkyl carbamates (subject to hydrolysis) is 1. The Morgan fingerprint density at radius 2 is 1.76 bits per heavy atom. The van der Waals surface area contributed by atoms with Gasteiger partial charge in [0.1, 0.15) is 29.8 Å². The van der Waals surface area contributed by atoms with Crippen molar-refractivity contribution in [3.63, 3.8) is 0 Å².